The van der Waals surface area contributed by atoms with Crippen molar-refractivity contribution in [2.45, 2.75) is 50.0 Å². The van der Waals surface area contributed by atoms with Crippen LogP contribution < -0.4 is 5.32 Å². The molecule has 1 aliphatic carbocycles. The van der Waals surface area contributed by atoms with Gasteiger partial charge in [-0.3, -0.25) is 4.79 Å². The number of ether oxygens (including phenoxy) is 1. The van der Waals surface area contributed by atoms with Crippen LogP contribution in [0.2, 0.25) is 5.02 Å². The number of aliphatic hydroxyl groups is 1. The van der Waals surface area contributed by atoms with Crippen molar-refractivity contribution in [3.05, 3.63) is 35.0 Å². The third kappa shape index (κ3) is 5.47. The van der Waals surface area contributed by atoms with Crippen molar-refractivity contribution in [3.63, 3.8) is 0 Å². The minimum absolute atomic E-state index is 0.0312. The van der Waals surface area contributed by atoms with Gasteiger partial charge in [-0.05, 0) is 37.8 Å². The summed E-state index contributed by atoms with van der Waals surface area (Å²) >= 11 is 6.20. The second-order valence-electron chi connectivity index (χ2n) is 7.87. The van der Waals surface area contributed by atoms with Crippen LogP contribution in [0, 0.1) is 0 Å². The van der Waals surface area contributed by atoms with Crippen molar-refractivity contribution >= 4 is 28.4 Å². The van der Waals surface area contributed by atoms with Gasteiger partial charge >= 0.3 is 0 Å². The lowest BCUT2D eigenvalue weighted by Crippen LogP contribution is -2.47. The normalized spacial score (nSPS) is 20.2. The Bertz CT molecular complexity index is 847. The lowest BCUT2D eigenvalue weighted by Gasteiger charge is -2.35. The van der Waals surface area contributed by atoms with Gasteiger partial charge in [-0.2, -0.15) is 0 Å². The van der Waals surface area contributed by atoms with Gasteiger partial charge in [0.1, 0.15) is 0 Å². The number of aromatic nitrogens is 1. The molecule has 160 valence electrons. The van der Waals surface area contributed by atoms with E-state index in [1.54, 1.807) is 22.9 Å². The summed E-state index contributed by atoms with van der Waals surface area (Å²) in [6.07, 6.45) is 3.44. The molecule has 2 N–H and O–H groups in total. The fourth-order valence-corrected chi connectivity index (χ4v) is 3.95. The minimum atomic E-state index is -2.72. The summed E-state index contributed by atoms with van der Waals surface area (Å²) in [5.41, 5.74) is -0.0577. The molecule has 1 aliphatic heterocycles. The Morgan fingerprint density at radius 1 is 1.24 bits per heavy atom. The summed E-state index contributed by atoms with van der Waals surface area (Å²) in [4.78, 5) is 12.5. The number of nitrogens with zero attached hydrogens (tertiary/aromatic N) is 1. The van der Waals surface area contributed by atoms with E-state index in [0.717, 1.165) is 18.7 Å². The molecule has 2 heterocycles. The molecule has 1 aromatic heterocycles. The van der Waals surface area contributed by atoms with E-state index in [4.69, 9.17) is 16.3 Å². The molecule has 2 aliphatic rings. The maximum absolute atomic E-state index is 13.2. The van der Waals surface area contributed by atoms with E-state index in [1.807, 2.05) is 13.1 Å². The summed E-state index contributed by atoms with van der Waals surface area (Å²) in [7, 11) is 1.81. The molecule has 1 amide bonds. The highest BCUT2D eigenvalue weighted by Gasteiger charge is 2.42. The summed E-state index contributed by atoms with van der Waals surface area (Å²) in [6, 6.07) is 5.36. The van der Waals surface area contributed by atoms with E-state index in [0.29, 0.717) is 16.0 Å². The van der Waals surface area contributed by atoms with Gasteiger partial charge in [0.2, 0.25) is 5.92 Å². The Balaban J connectivity index is 0.000000419. The van der Waals surface area contributed by atoms with E-state index in [-0.39, 0.29) is 38.1 Å². The van der Waals surface area contributed by atoms with Crippen LogP contribution in [0.15, 0.2) is 24.4 Å². The highest BCUT2D eigenvalue weighted by Crippen LogP contribution is 2.38. The van der Waals surface area contributed by atoms with Crippen LogP contribution in [0.1, 0.15) is 48.9 Å². The van der Waals surface area contributed by atoms with Gasteiger partial charge in [0.15, 0.2) is 0 Å². The summed E-state index contributed by atoms with van der Waals surface area (Å²) in [5.74, 6) is -3.10. The summed E-state index contributed by atoms with van der Waals surface area (Å²) in [5, 5.41) is 14.2. The van der Waals surface area contributed by atoms with Crippen LogP contribution in [0.5, 0.6) is 0 Å². The molecule has 2 fully saturated rings. The van der Waals surface area contributed by atoms with E-state index in [9.17, 15) is 18.7 Å². The average Bonchev–Trinajstić information content (AvgIpc) is 3.36. The zero-order chi connectivity index (χ0) is 21.1. The molecule has 8 heteroatoms. The number of rotatable bonds is 3. The highest BCUT2D eigenvalue weighted by atomic mass is 35.5. The maximum Gasteiger partial charge on any atom is 0.253 e. The average molecular weight is 429 g/mol. The molecule has 0 radical (unpaired) electrons. The van der Waals surface area contributed by atoms with Gasteiger partial charge in [0, 0.05) is 51.2 Å². The van der Waals surface area contributed by atoms with Crippen molar-refractivity contribution in [1.29, 1.82) is 0 Å². The van der Waals surface area contributed by atoms with E-state index < -0.39 is 11.5 Å². The molecule has 29 heavy (non-hydrogen) atoms. The lowest BCUT2D eigenvalue weighted by molar-refractivity contribution is -0.101. The van der Waals surface area contributed by atoms with Crippen LogP contribution in [-0.2, 0) is 11.8 Å². The molecule has 1 aromatic carbocycles. The third-order valence-electron chi connectivity index (χ3n) is 5.53. The number of fused-ring (bicyclic) bond motifs is 1. The van der Waals surface area contributed by atoms with Crippen LogP contribution in [0.4, 0.5) is 8.78 Å². The number of alkyl halides is 2. The number of carbonyl (C=O) groups excluding carboxylic acids is 1. The first-order valence-electron chi connectivity index (χ1n) is 9.91. The zero-order valence-electron chi connectivity index (χ0n) is 16.5. The van der Waals surface area contributed by atoms with Crippen molar-refractivity contribution in [2.24, 2.45) is 7.05 Å². The molecule has 0 spiro atoms. The molecular formula is C21H27ClF2N2O3. The first-order chi connectivity index (χ1) is 13.7. The zero-order valence-corrected chi connectivity index (χ0v) is 17.3. The number of nitrogens with one attached hydrogen (secondary N) is 1. The largest absolute Gasteiger partial charge is 0.388 e. The van der Waals surface area contributed by atoms with E-state index in [2.05, 4.69) is 5.32 Å². The van der Waals surface area contributed by atoms with Gasteiger partial charge in [0.05, 0.1) is 21.7 Å². The quantitative estimate of drug-likeness (QED) is 0.766. The SMILES string of the molecule is C1CCOC1.Cn1cc(C(=O)NCC2(O)CCC(F)(F)CC2)c2c(Cl)cccc21. The maximum atomic E-state index is 13.2. The molecule has 0 atom stereocenters. The first-order valence-corrected chi connectivity index (χ1v) is 10.3. The van der Waals surface area contributed by atoms with Crippen molar-refractivity contribution in [3.8, 4) is 0 Å². The first kappa shape index (κ1) is 22.0. The third-order valence-corrected chi connectivity index (χ3v) is 5.84. The molecule has 1 saturated heterocycles. The molecule has 5 nitrogen and oxygen atoms in total. The van der Waals surface area contributed by atoms with Crippen LogP contribution >= 0.6 is 11.6 Å². The van der Waals surface area contributed by atoms with Crippen molar-refractivity contribution < 1.29 is 23.4 Å². The van der Waals surface area contributed by atoms with Gasteiger partial charge in [-0.1, -0.05) is 17.7 Å². The standard InChI is InChI=1S/C17H19ClF2N2O2.C4H8O/c1-22-9-11(14-12(18)3-2-4-13(14)22)15(23)21-10-16(24)5-7-17(19,20)8-6-16;1-2-4-5-3-1/h2-4,9,24H,5-8,10H2,1H3,(H,21,23);1-4H2. The van der Waals surface area contributed by atoms with E-state index in [1.165, 1.54) is 12.8 Å². The second-order valence-corrected chi connectivity index (χ2v) is 8.28. The van der Waals surface area contributed by atoms with Crippen LogP contribution in [-0.4, -0.2) is 46.9 Å². The number of halogens is 3. The van der Waals surface area contributed by atoms with Crippen LogP contribution in [0.3, 0.4) is 0 Å². The molecule has 2 aromatic rings. The summed E-state index contributed by atoms with van der Waals surface area (Å²) < 4.78 is 33.2. The van der Waals surface area contributed by atoms with Crippen LogP contribution in [0.25, 0.3) is 10.9 Å². The number of carbonyl (C=O) groups is 1. The highest BCUT2D eigenvalue weighted by molar-refractivity contribution is 6.36. The van der Waals surface area contributed by atoms with Gasteiger partial charge in [0.25, 0.3) is 5.91 Å². The number of hydrogen-bond donors (Lipinski definition) is 2. The Labute approximate surface area is 174 Å². The van der Waals surface area contributed by atoms with Crippen molar-refractivity contribution in [1.82, 2.24) is 9.88 Å². The number of benzene rings is 1. The monoisotopic (exact) mass is 428 g/mol. The second kappa shape index (κ2) is 8.98. The summed E-state index contributed by atoms with van der Waals surface area (Å²) in [6.45, 7) is 1.95. The Kier molecular flexibility index (Phi) is 6.81. The predicted octanol–water partition coefficient (Wildman–Crippen LogP) is 4.30. The smallest absolute Gasteiger partial charge is 0.253 e. The number of amides is 1. The van der Waals surface area contributed by atoms with Gasteiger partial charge < -0.3 is 19.7 Å². The predicted molar refractivity (Wildman–Crippen MR) is 109 cm³/mol. The topological polar surface area (TPSA) is 63.5 Å². The Morgan fingerprint density at radius 3 is 2.48 bits per heavy atom. The fourth-order valence-electron chi connectivity index (χ4n) is 3.68. The van der Waals surface area contributed by atoms with Gasteiger partial charge in [-0.15, -0.1) is 0 Å². The Morgan fingerprint density at radius 2 is 1.90 bits per heavy atom. The van der Waals surface area contributed by atoms with E-state index >= 15 is 0 Å². The fraction of sp³-hybridized carbons (Fsp3) is 0.571. The minimum Gasteiger partial charge on any atom is -0.388 e. The Hall–Kier alpha value is -1.70. The number of hydrogen-bond acceptors (Lipinski definition) is 3. The molecular weight excluding hydrogens is 402 g/mol. The lowest BCUT2D eigenvalue weighted by atomic mass is 9.82. The molecule has 1 saturated carbocycles. The molecule has 4 rings (SSSR count). The van der Waals surface area contributed by atoms with Crippen molar-refractivity contribution in [2.75, 3.05) is 19.8 Å². The van der Waals surface area contributed by atoms with Gasteiger partial charge in [-0.25, -0.2) is 8.78 Å². The molecule has 0 bridgehead atoms. The molecule has 0 unspecified atom stereocenters. The number of aryl methyl sites for hydroxylation is 1.